The fraction of sp³-hybridized carbons (Fsp3) is 0.647. The van der Waals surface area contributed by atoms with Crippen LogP contribution in [0.4, 0.5) is 0 Å². The number of quaternary nitrogens is 1. The summed E-state index contributed by atoms with van der Waals surface area (Å²) < 4.78 is 0.918. The van der Waals surface area contributed by atoms with Crippen LogP contribution in [0.15, 0.2) is 25.3 Å². The number of nitrogens with one attached hydrogen (secondary N) is 2. The highest BCUT2D eigenvalue weighted by Crippen LogP contribution is 2.00. The molecule has 0 aliphatic heterocycles. The molecule has 0 unspecified atom stereocenters. The first-order chi connectivity index (χ1) is 10.8. The third kappa shape index (κ3) is 12.6. The lowest BCUT2D eigenvalue weighted by molar-refractivity contribution is -0.889. The van der Waals surface area contributed by atoms with Gasteiger partial charge in [0.25, 0.3) is 0 Å². The number of likely N-dealkylation sites (N-methyl/N-ethyl adjacent to an activating group) is 2. The van der Waals surface area contributed by atoms with Crippen molar-refractivity contribution < 1.29 is 14.1 Å². The molecule has 0 spiro atoms. The van der Waals surface area contributed by atoms with Crippen molar-refractivity contribution in [2.45, 2.75) is 12.8 Å². The smallest absolute Gasteiger partial charge is 0.243 e. The Bertz CT molecular complexity index is 394. The molecule has 0 saturated heterocycles. The average molecular weight is 325 g/mol. The molecule has 23 heavy (non-hydrogen) atoms. The van der Waals surface area contributed by atoms with E-state index in [0.717, 1.165) is 43.5 Å². The lowest BCUT2D eigenvalue weighted by atomic mass is 10.3. The summed E-state index contributed by atoms with van der Waals surface area (Å²) in [5, 5.41) is 5.58. The van der Waals surface area contributed by atoms with Crippen LogP contribution < -0.4 is 10.6 Å². The van der Waals surface area contributed by atoms with E-state index in [4.69, 9.17) is 0 Å². The highest BCUT2D eigenvalue weighted by Gasteiger charge is 2.15. The van der Waals surface area contributed by atoms with Crippen LogP contribution in [0, 0.1) is 0 Å². The average Bonchev–Trinajstić information content (AvgIpc) is 2.53. The number of hydrogen-bond donors (Lipinski definition) is 2. The van der Waals surface area contributed by atoms with E-state index < -0.39 is 0 Å². The minimum Gasteiger partial charge on any atom is -0.353 e. The standard InChI is InChI=1S/C17H32N4O2/c1-6-16(22)18-10-8-12-20(3)13-15-21(4,5)14-9-11-19-17(23)7-2/h6-7H,1-2,8-15H2,3-5H3,(H-,18,19,22,23)/p+1. The second-order valence-electron chi connectivity index (χ2n) is 6.38. The van der Waals surface area contributed by atoms with Gasteiger partial charge in [0.2, 0.25) is 11.8 Å². The zero-order valence-electron chi connectivity index (χ0n) is 14.9. The van der Waals surface area contributed by atoms with Crippen molar-refractivity contribution >= 4 is 11.8 Å². The van der Waals surface area contributed by atoms with E-state index in [1.165, 1.54) is 12.2 Å². The largest absolute Gasteiger partial charge is 0.353 e. The van der Waals surface area contributed by atoms with Gasteiger partial charge in [0.1, 0.15) is 0 Å². The molecule has 0 rings (SSSR count). The van der Waals surface area contributed by atoms with Gasteiger partial charge in [0.15, 0.2) is 0 Å². The lowest BCUT2D eigenvalue weighted by Gasteiger charge is -2.31. The molecular weight excluding hydrogens is 292 g/mol. The number of nitrogens with zero attached hydrogens (tertiary/aromatic N) is 2. The normalized spacial score (nSPS) is 11.1. The van der Waals surface area contributed by atoms with Gasteiger partial charge < -0.3 is 20.0 Å². The fourth-order valence-electron chi connectivity index (χ4n) is 2.09. The predicted octanol–water partition coefficient (Wildman–Crippen LogP) is 0.379. The van der Waals surface area contributed by atoms with Crippen LogP contribution in [0.2, 0.25) is 0 Å². The number of hydrogen-bond acceptors (Lipinski definition) is 3. The summed E-state index contributed by atoms with van der Waals surface area (Å²) >= 11 is 0. The Morgan fingerprint density at radius 2 is 1.48 bits per heavy atom. The molecule has 0 heterocycles. The summed E-state index contributed by atoms with van der Waals surface area (Å²) in [5.41, 5.74) is 0. The van der Waals surface area contributed by atoms with Crippen molar-refractivity contribution in [3.05, 3.63) is 25.3 Å². The Morgan fingerprint density at radius 3 is 2.00 bits per heavy atom. The minimum atomic E-state index is -0.117. The van der Waals surface area contributed by atoms with Gasteiger partial charge in [-0.2, -0.15) is 0 Å². The van der Waals surface area contributed by atoms with Gasteiger partial charge in [0.05, 0.1) is 27.2 Å². The van der Waals surface area contributed by atoms with Gasteiger partial charge in [-0.25, -0.2) is 0 Å². The first-order valence-corrected chi connectivity index (χ1v) is 8.12. The van der Waals surface area contributed by atoms with Crippen LogP contribution >= 0.6 is 0 Å². The third-order valence-electron chi connectivity index (χ3n) is 3.71. The molecule has 0 aromatic heterocycles. The quantitative estimate of drug-likeness (QED) is 0.292. The maximum atomic E-state index is 11.1. The Labute approximate surface area is 140 Å². The Morgan fingerprint density at radius 1 is 0.957 bits per heavy atom. The first kappa shape index (κ1) is 21.3. The minimum absolute atomic E-state index is 0.112. The maximum Gasteiger partial charge on any atom is 0.243 e. The molecule has 2 amide bonds. The highest BCUT2D eigenvalue weighted by molar-refractivity contribution is 5.87. The van der Waals surface area contributed by atoms with Crippen molar-refractivity contribution in [2.75, 3.05) is 60.4 Å². The number of rotatable bonds is 13. The van der Waals surface area contributed by atoms with Gasteiger partial charge >= 0.3 is 0 Å². The van der Waals surface area contributed by atoms with Gasteiger partial charge in [-0.3, -0.25) is 9.59 Å². The number of carbonyl (C=O) groups excluding carboxylic acids is 2. The summed E-state index contributed by atoms with van der Waals surface area (Å²) in [6.45, 7) is 12.2. The molecule has 2 N–H and O–H groups in total. The lowest BCUT2D eigenvalue weighted by Crippen LogP contribution is -2.46. The molecule has 0 atom stereocenters. The molecular formula is C17H33N4O2+. The summed E-state index contributed by atoms with van der Waals surface area (Å²) in [6.07, 6.45) is 4.47. The number of carbonyl (C=O) groups is 2. The second kappa shape index (κ2) is 11.8. The molecule has 132 valence electrons. The van der Waals surface area contributed by atoms with Crippen molar-refractivity contribution in [1.82, 2.24) is 15.5 Å². The Balaban J connectivity index is 3.76. The molecule has 0 fully saturated rings. The summed E-state index contributed by atoms with van der Waals surface area (Å²) in [5.74, 6) is -0.229. The molecule has 0 radical (unpaired) electrons. The van der Waals surface area contributed by atoms with Crippen LogP contribution in [-0.4, -0.2) is 81.6 Å². The first-order valence-electron chi connectivity index (χ1n) is 8.12. The summed E-state index contributed by atoms with van der Waals surface area (Å²) in [7, 11) is 6.50. The molecule has 0 bridgehead atoms. The van der Waals surface area contributed by atoms with E-state index in [1.807, 2.05) is 0 Å². The van der Waals surface area contributed by atoms with Crippen molar-refractivity contribution in [3.63, 3.8) is 0 Å². The SMILES string of the molecule is C=CC(=O)NCCCN(C)CC[N+](C)(C)CCCNC(=O)C=C. The maximum absolute atomic E-state index is 11.1. The molecule has 0 aromatic carbocycles. The zero-order chi connectivity index (χ0) is 17.7. The van der Waals surface area contributed by atoms with Crippen molar-refractivity contribution in [2.24, 2.45) is 0 Å². The monoisotopic (exact) mass is 325 g/mol. The molecule has 0 aromatic rings. The van der Waals surface area contributed by atoms with Crippen LogP contribution in [0.5, 0.6) is 0 Å². The van der Waals surface area contributed by atoms with E-state index in [1.54, 1.807) is 0 Å². The topological polar surface area (TPSA) is 61.4 Å². The zero-order valence-corrected chi connectivity index (χ0v) is 14.9. The molecule has 6 nitrogen and oxygen atoms in total. The highest BCUT2D eigenvalue weighted by atomic mass is 16.2. The Kier molecular flexibility index (Phi) is 11.0. The van der Waals surface area contributed by atoms with Crippen LogP contribution in [0.3, 0.4) is 0 Å². The van der Waals surface area contributed by atoms with Gasteiger partial charge in [-0.05, 0) is 32.2 Å². The van der Waals surface area contributed by atoms with Gasteiger partial charge in [-0.15, -0.1) is 0 Å². The van der Waals surface area contributed by atoms with E-state index in [2.05, 4.69) is 49.8 Å². The van der Waals surface area contributed by atoms with E-state index in [-0.39, 0.29) is 11.8 Å². The van der Waals surface area contributed by atoms with Crippen LogP contribution in [0.1, 0.15) is 12.8 Å². The van der Waals surface area contributed by atoms with E-state index in [0.29, 0.717) is 13.1 Å². The third-order valence-corrected chi connectivity index (χ3v) is 3.71. The van der Waals surface area contributed by atoms with Crippen LogP contribution in [0.25, 0.3) is 0 Å². The Hall–Kier alpha value is -1.66. The molecule has 0 aliphatic carbocycles. The molecule has 0 saturated carbocycles. The van der Waals surface area contributed by atoms with Crippen molar-refractivity contribution in [1.29, 1.82) is 0 Å². The van der Waals surface area contributed by atoms with Gasteiger partial charge in [-0.1, -0.05) is 13.2 Å². The van der Waals surface area contributed by atoms with Crippen LogP contribution in [-0.2, 0) is 9.59 Å². The summed E-state index contributed by atoms with van der Waals surface area (Å²) in [6, 6.07) is 0. The van der Waals surface area contributed by atoms with E-state index >= 15 is 0 Å². The molecule has 0 aliphatic rings. The van der Waals surface area contributed by atoms with Crippen molar-refractivity contribution in [3.8, 4) is 0 Å². The molecule has 6 heteroatoms. The van der Waals surface area contributed by atoms with Gasteiger partial charge in [0, 0.05) is 26.1 Å². The van der Waals surface area contributed by atoms with E-state index in [9.17, 15) is 9.59 Å². The predicted molar refractivity (Wildman–Crippen MR) is 95.0 cm³/mol. The number of amides is 2. The summed E-state index contributed by atoms with van der Waals surface area (Å²) in [4.78, 5) is 24.4. The second-order valence-corrected chi connectivity index (χ2v) is 6.38. The fourth-order valence-corrected chi connectivity index (χ4v) is 2.09.